The van der Waals surface area contributed by atoms with Crippen LogP contribution in [0.3, 0.4) is 0 Å². The zero-order chi connectivity index (χ0) is 10.5. The normalized spacial score (nSPS) is 12.7. The van der Waals surface area contributed by atoms with E-state index in [-0.39, 0.29) is 0 Å². The van der Waals surface area contributed by atoms with Crippen molar-refractivity contribution in [2.24, 2.45) is 0 Å². The highest BCUT2D eigenvalue weighted by atomic mass is 79.9. The van der Waals surface area contributed by atoms with Crippen LogP contribution in [0, 0.1) is 10.8 Å². The summed E-state index contributed by atoms with van der Waals surface area (Å²) in [7, 11) is 0. The van der Waals surface area contributed by atoms with E-state index in [4.69, 9.17) is 0 Å². The minimum atomic E-state index is -4.27. The Morgan fingerprint density at radius 2 is 2.15 bits per heavy atom. The van der Waals surface area contributed by atoms with Crippen LogP contribution in [0.2, 0.25) is 0 Å². The summed E-state index contributed by atoms with van der Waals surface area (Å²) in [6.07, 6.45) is -5.32. The number of alkyl halides is 3. The SMILES string of the molecule is CC(CC(F)(F)F)NC(=O)C#CBr. The molecule has 6 heteroatoms. The van der Waals surface area contributed by atoms with Gasteiger partial charge >= 0.3 is 6.18 Å². The van der Waals surface area contributed by atoms with Gasteiger partial charge in [0.05, 0.1) is 6.42 Å². The summed E-state index contributed by atoms with van der Waals surface area (Å²) < 4.78 is 35.2. The van der Waals surface area contributed by atoms with Gasteiger partial charge in [0.2, 0.25) is 0 Å². The van der Waals surface area contributed by atoms with Crippen molar-refractivity contribution in [3.8, 4) is 10.8 Å². The van der Waals surface area contributed by atoms with Crippen molar-refractivity contribution in [2.75, 3.05) is 0 Å². The van der Waals surface area contributed by atoms with Crippen LogP contribution in [-0.2, 0) is 4.79 Å². The van der Waals surface area contributed by atoms with Gasteiger partial charge in [-0.3, -0.25) is 4.79 Å². The molecule has 1 unspecified atom stereocenters. The molecule has 1 amide bonds. The number of hydrogen-bond acceptors (Lipinski definition) is 1. The Morgan fingerprint density at radius 1 is 1.62 bits per heavy atom. The molecule has 13 heavy (non-hydrogen) atoms. The first-order chi connectivity index (χ1) is 5.85. The monoisotopic (exact) mass is 257 g/mol. The lowest BCUT2D eigenvalue weighted by Crippen LogP contribution is -2.35. The zero-order valence-corrected chi connectivity index (χ0v) is 8.29. The van der Waals surface area contributed by atoms with Gasteiger partial charge in [-0.15, -0.1) is 0 Å². The van der Waals surface area contributed by atoms with Crippen LogP contribution in [-0.4, -0.2) is 18.1 Å². The van der Waals surface area contributed by atoms with E-state index in [1.807, 2.05) is 5.92 Å². The van der Waals surface area contributed by atoms with Gasteiger partial charge in [0.25, 0.3) is 5.91 Å². The molecule has 0 aromatic rings. The minimum Gasteiger partial charge on any atom is -0.342 e. The number of carbonyl (C=O) groups excluding carboxylic acids is 1. The molecule has 0 aromatic carbocycles. The first-order valence-corrected chi connectivity index (χ1v) is 4.13. The van der Waals surface area contributed by atoms with E-state index >= 15 is 0 Å². The van der Waals surface area contributed by atoms with Gasteiger partial charge in [-0.1, -0.05) is 0 Å². The van der Waals surface area contributed by atoms with E-state index < -0.39 is 24.5 Å². The summed E-state index contributed by atoms with van der Waals surface area (Å²) in [5, 5.41) is 2.07. The second-order valence-electron chi connectivity index (χ2n) is 2.41. The summed E-state index contributed by atoms with van der Waals surface area (Å²) in [6.45, 7) is 1.27. The second-order valence-corrected chi connectivity index (χ2v) is 2.81. The molecule has 0 radical (unpaired) electrons. The Balaban J connectivity index is 3.92. The molecule has 2 nitrogen and oxygen atoms in total. The smallest absolute Gasteiger partial charge is 0.342 e. The van der Waals surface area contributed by atoms with Crippen molar-refractivity contribution in [3.05, 3.63) is 0 Å². The molecule has 1 atom stereocenters. The van der Waals surface area contributed by atoms with Crippen LogP contribution in [0.1, 0.15) is 13.3 Å². The molecule has 0 bridgehead atoms. The Bertz CT molecular complexity index is 240. The van der Waals surface area contributed by atoms with Gasteiger partial charge in [-0.2, -0.15) is 13.2 Å². The standard InChI is InChI=1S/C7H7BrF3NO/c1-5(4-7(9,10)11)12-6(13)2-3-8/h5H,4H2,1H3,(H,12,13). The van der Waals surface area contributed by atoms with Crippen LogP contribution >= 0.6 is 15.9 Å². The number of rotatable bonds is 2. The number of nitrogens with one attached hydrogen (secondary N) is 1. The third kappa shape index (κ3) is 7.65. The topological polar surface area (TPSA) is 29.1 Å². The molecule has 0 aliphatic rings. The van der Waals surface area contributed by atoms with E-state index in [0.29, 0.717) is 0 Å². The highest BCUT2D eigenvalue weighted by Gasteiger charge is 2.30. The predicted molar refractivity (Wildman–Crippen MR) is 45.0 cm³/mol. The number of halogens is 4. The molecule has 0 fully saturated rings. The van der Waals surface area contributed by atoms with Gasteiger partial charge in [0.15, 0.2) is 0 Å². The Morgan fingerprint density at radius 3 is 2.54 bits per heavy atom. The van der Waals surface area contributed by atoms with Gasteiger partial charge in [0.1, 0.15) is 0 Å². The first-order valence-electron chi connectivity index (χ1n) is 3.34. The van der Waals surface area contributed by atoms with Crippen LogP contribution in [0.5, 0.6) is 0 Å². The third-order valence-electron chi connectivity index (χ3n) is 1.08. The molecule has 0 spiro atoms. The third-order valence-corrected chi connectivity index (χ3v) is 1.27. The molecular formula is C7H7BrF3NO. The molecule has 1 N–H and O–H groups in total. The van der Waals surface area contributed by atoms with Crippen molar-refractivity contribution in [3.63, 3.8) is 0 Å². The van der Waals surface area contributed by atoms with E-state index in [1.54, 1.807) is 0 Å². The van der Waals surface area contributed by atoms with Gasteiger partial charge < -0.3 is 5.32 Å². The molecule has 0 saturated heterocycles. The second kappa shape index (κ2) is 5.12. The highest BCUT2D eigenvalue weighted by molar-refractivity contribution is 9.12. The lowest BCUT2D eigenvalue weighted by atomic mass is 10.2. The summed E-state index contributed by atoms with van der Waals surface area (Å²) in [6, 6.07) is -0.958. The van der Waals surface area contributed by atoms with Crippen molar-refractivity contribution < 1.29 is 18.0 Å². The van der Waals surface area contributed by atoms with Crippen LogP contribution in [0.4, 0.5) is 13.2 Å². The lowest BCUT2D eigenvalue weighted by Gasteiger charge is -2.13. The summed E-state index contributed by atoms with van der Waals surface area (Å²) >= 11 is 2.66. The average Bonchev–Trinajstić information content (AvgIpc) is 1.81. The first kappa shape index (κ1) is 12.3. The molecule has 74 valence electrons. The Hall–Kier alpha value is -0.700. The fourth-order valence-corrected chi connectivity index (χ4v) is 0.881. The Kier molecular flexibility index (Phi) is 4.85. The largest absolute Gasteiger partial charge is 0.391 e. The number of amides is 1. The molecule has 0 aliphatic heterocycles. The maximum absolute atomic E-state index is 11.7. The quantitative estimate of drug-likeness (QED) is 0.752. The van der Waals surface area contributed by atoms with Crippen molar-refractivity contribution >= 4 is 21.8 Å². The summed E-state index contributed by atoms with van der Waals surface area (Å²) in [5.74, 6) is 1.28. The predicted octanol–water partition coefficient (Wildman–Crippen LogP) is 1.80. The van der Waals surface area contributed by atoms with Crippen LogP contribution in [0.25, 0.3) is 0 Å². The molecular weight excluding hydrogens is 251 g/mol. The van der Waals surface area contributed by atoms with E-state index in [1.165, 1.54) is 6.92 Å². The van der Waals surface area contributed by atoms with E-state index in [9.17, 15) is 18.0 Å². The fraction of sp³-hybridized carbons (Fsp3) is 0.571. The molecule has 0 rings (SSSR count). The maximum atomic E-state index is 11.7. The summed E-state index contributed by atoms with van der Waals surface area (Å²) in [5.41, 5.74) is 0. The molecule has 0 heterocycles. The lowest BCUT2D eigenvalue weighted by molar-refractivity contribution is -0.140. The van der Waals surface area contributed by atoms with Crippen molar-refractivity contribution in [1.82, 2.24) is 5.32 Å². The Labute approximate surface area is 82.0 Å². The molecule has 0 saturated carbocycles. The van der Waals surface area contributed by atoms with E-state index in [0.717, 1.165) is 0 Å². The fourth-order valence-electron chi connectivity index (χ4n) is 0.701. The van der Waals surface area contributed by atoms with Crippen LogP contribution in [0.15, 0.2) is 0 Å². The minimum absolute atomic E-state index is 0.728. The maximum Gasteiger partial charge on any atom is 0.391 e. The zero-order valence-electron chi connectivity index (χ0n) is 6.70. The highest BCUT2D eigenvalue weighted by Crippen LogP contribution is 2.21. The van der Waals surface area contributed by atoms with Crippen molar-refractivity contribution in [1.29, 1.82) is 0 Å². The average molecular weight is 258 g/mol. The summed E-state index contributed by atoms with van der Waals surface area (Å²) in [4.78, 5) is 12.8. The van der Waals surface area contributed by atoms with Gasteiger partial charge in [-0.25, -0.2) is 0 Å². The van der Waals surface area contributed by atoms with Crippen LogP contribution < -0.4 is 5.32 Å². The van der Waals surface area contributed by atoms with Gasteiger partial charge in [-0.05, 0) is 11.8 Å². The van der Waals surface area contributed by atoms with Gasteiger partial charge in [0, 0.05) is 27.9 Å². The van der Waals surface area contributed by atoms with E-state index in [2.05, 4.69) is 26.1 Å². The van der Waals surface area contributed by atoms with Crippen molar-refractivity contribution in [2.45, 2.75) is 25.6 Å². The number of hydrogen-bond donors (Lipinski definition) is 1. The number of carbonyl (C=O) groups is 1. The molecule has 0 aromatic heterocycles. The molecule has 0 aliphatic carbocycles.